The van der Waals surface area contributed by atoms with Gasteiger partial charge in [-0.1, -0.05) is 34.1 Å². The fourth-order valence-electron chi connectivity index (χ4n) is 0.770. The molecule has 0 aromatic carbocycles. The highest BCUT2D eigenvalue weighted by Crippen LogP contribution is 1.94. The monoisotopic (exact) mass is 108 g/mol. The zero-order valence-corrected chi connectivity index (χ0v) is 6.73. The highest BCUT2D eigenvalue weighted by atomic mass is 13.4. The summed E-state index contributed by atoms with van der Waals surface area (Å²) >= 11 is 0. The van der Waals surface area contributed by atoms with Crippen LogP contribution in [0.5, 0.6) is 0 Å². The van der Waals surface area contributed by atoms with E-state index in [1.807, 2.05) is 0 Å². The molecule has 0 aliphatic heterocycles. The van der Waals surface area contributed by atoms with Crippen LogP contribution < -0.4 is 0 Å². The fraction of sp³-hybridized carbons (Fsp3) is 1.00. The third-order valence-corrected chi connectivity index (χ3v) is 2.10. The van der Waals surface area contributed by atoms with Crippen molar-refractivity contribution in [1.29, 1.82) is 0 Å². The molecule has 0 bridgehead atoms. The maximum absolute atomic E-state index is 2.31. The largest absolute Gasteiger partial charge is 0.0985 e. The van der Waals surface area contributed by atoms with Crippen LogP contribution >= 0.6 is 0 Å². The van der Waals surface area contributed by atoms with Crippen LogP contribution in [0.2, 0.25) is 34.1 Å². The van der Waals surface area contributed by atoms with Gasteiger partial charge in [0.05, 0.1) is 19.7 Å². The van der Waals surface area contributed by atoms with Crippen molar-refractivity contribution < 1.29 is 0 Å². The molecule has 0 amide bonds. The molecule has 44 valence electrons. The molecule has 0 aromatic rings. The average Bonchev–Trinajstić information content (AvgIpc) is 1.64. The SMILES string of the molecule is CB(C)B(C)B(C)C. The van der Waals surface area contributed by atoms with Crippen LogP contribution in [-0.4, -0.2) is 19.7 Å². The molecule has 0 fully saturated rings. The first-order valence-corrected chi connectivity index (χ1v) is 3.55. The van der Waals surface area contributed by atoms with Gasteiger partial charge >= 0.3 is 0 Å². The zero-order chi connectivity index (χ0) is 6.73. The molecular formula is C5H15B3. The van der Waals surface area contributed by atoms with E-state index in [9.17, 15) is 0 Å². The molecule has 0 aromatic heterocycles. The van der Waals surface area contributed by atoms with Crippen molar-refractivity contribution in [2.24, 2.45) is 0 Å². The Morgan fingerprint density at radius 2 is 0.875 bits per heavy atom. The average molecular weight is 108 g/mol. The van der Waals surface area contributed by atoms with E-state index in [4.69, 9.17) is 0 Å². The van der Waals surface area contributed by atoms with Crippen LogP contribution in [-0.2, 0) is 0 Å². The lowest BCUT2D eigenvalue weighted by Crippen LogP contribution is -2.38. The van der Waals surface area contributed by atoms with E-state index in [1.54, 1.807) is 0 Å². The van der Waals surface area contributed by atoms with Gasteiger partial charge in [-0.2, -0.15) is 0 Å². The van der Waals surface area contributed by atoms with Gasteiger partial charge < -0.3 is 0 Å². The lowest BCUT2D eigenvalue weighted by Gasteiger charge is -2.10. The Morgan fingerprint density at radius 3 is 0.875 bits per heavy atom. The van der Waals surface area contributed by atoms with Crippen molar-refractivity contribution in [2.75, 3.05) is 0 Å². The minimum atomic E-state index is 0.843. The molecule has 0 nitrogen and oxygen atoms in total. The molecule has 0 rings (SSSR count). The highest BCUT2D eigenvalue weighted by molar-refractivity contribution is 7.49. The Hall–Kier alpha value is 0.195. The lowest BCUT2D eigenvalue weighted by molar-refractivity contribution is 2.00. The summed E-state index contributed by atoms with van der Waals surface area (Å²) in [6.07, 6.45) is 0. The smallest absolute Gasteiger partial charge is 0.0939 e. The minimum Gasteiger partial charge on any atom is -0.0985 e. The summed E-state index contributed by atoms with van der Waals surface area (Å²) < 4.78 is 0. The summed E-state index contributed by atoms with van der Waals surface area (Å²) in [7, 11) is 0. The van der Waals surface area contributed by atoms with Crippen LogP contribution in [0.1, 0.15) is 0 Å². The molecule has 0 aliphatic rings. The van der Waals surface area contributed by atoms with Crippen molar-refractivity contribution in [3.63, 3.8) is 0 Å². The van der Waals surface area contributed by atoms with Crippen LogP contribution in [0.15, 0.2) is 0 Å². The van der Waals surface area contributed by atoms with Crippen LogP contribution in [0, 0.1) is 0 Å². The van der Waals surface area contributed by atoms with Gasteiger partial charge in [-0.25, -0.2) is 0 Å². The summed E-state index contributed by atoms with van der Waals surface area (Å²) in [4.78, 5) is 0. The predicted molar refractivity (Wildman–Crippen MR) is 46.6 cm³/mol. The third-order valence-electron chi connectivity index (χ3n) is 2.10. The Labute approximate surface area is 54.6 Å². The quantitative estimate of drug-likeness (QED) is 0.472. The second-order valence-corrected chi connectivity index (χ2v) is 3.35. The Balaban J connectivity index is 3.46. The van der Waals surface area contributed by atoms with Gasteiger partial charge in [0.1, 0.15) is 0 Å². The van der Waals surface area contributed by atoms with Crippen molar-refractivity contribution in [3.05, 3.63) is 0 Å². The molecule has 0 radical (unpaired) electrons. The zero-order valence-electron chi connectivity index (χ0n) is 6.73. The normalized spacial score (nSPS) is 8.62. The summed E-state index contributed by atoms with van der Waals surface area (Å²) in [5.74, 6) is 0. The maximum atomic E-state index is 2.31. The first-order valence-electron chi connectivity index (χ1n) is 3.55. The molecule has 0 atom stereocenters. The van der Waals surface area contributed by atoms with Gasteiger partial charge in [-0.05, 0) is 0 Å². The van der Waals surface area contributed by atoms with Gasteiger partial charge in [0.25, 0.3) is 0 Å². The molecule has 0 N–H and O–H groups in total. The van der Waals surface area contributed by atoms with Crippen molar-refractivity contribution >= 4 is 19.7 Å². The van der Waals surface area contributed by atoms with E-state index >= 15 is 0 Å². The molecule has 0 heterocycles. The molecule has 8 heavy (non-hydrogen) atoms. The summed E-state index contributed by atoms with van der Waals surface area (Å²) in [6, 6.07) is 0. The Morgan fingerprint density at radius 1 is 0.625 bits per heavy atom. The fourth-order valence-corrected chi connectivity index (χ4v) is 0.770. The minimum absolute atomic E-state index is 0.843. The van der Waals surface area contributed by atoms with Gasteiger partial charge in [-0.15, -0.1) is 0 Å². The van der Waals surface area contributed by atoms with Gasteiger partial charge in [0.15, 0.2) is 0 Å². The summed E-state index contributed by atoms with van der Waals surface area (Å²) in [6.45, 7) is 14.0. The van der Waals surface area contributed by atoms with Crippen LogP contribution in [0.4, 0.5) is 0 Å². The van der Waals surface area contributed by atoms with Gasteiger partial charge in [-0.3, -0.25) is 0 Å². The van der Waals surface area contributed by atoms with Crippen LogP contribution in [0.25, 0.3) is 0 Å². The highest BCUT2D eigenvalue weighted by Gasteiger charge is 2.18. The van der Waals surface area contributed by atoms with E-state index in [0.717, 1.165) is 19.7 Å². The van der Waals surface area contributed by atoms with Crippen molar-refractivity contribution in [1.82, 2.24) is 0 Å². The van der Waals surface area contributed by atoms with E-state index in [2.05, 4.69) is 34.1 Å². The van der Waals surface area contributed by atoms with Gasteiger partial charge in [0, 0.05) is 0 Å². The Kier molecular flexibility index (Phi) is 3.35. The summed E-state index contributed by atoms with van der Waals surface area (Å²) in [5.41, 5.74) is 0. The van der Waals surface area contributed by atoms with E-state index in [-0.39, 0.29) is 0 Å². The standard InChI is InChI=1S/C5H15B3/c1-6(2)8(5)7(3)4/h1-5H3. The topological polar surface area (TPSA) is 0 Å². The molecule has 0 saturated heterocycles. The molecule has 0 unspecified atom stereocenters. The molecular weight excluding hydrogens is 92.5 g/mol. The third kappa shape index (κ3) is 2.49. The first-order chi connectivity index (χ1) is 3.55. The van der Waals surface area contributed by atoms with E-state index < -0.39 is 0 Å². The molecule has 3 heteroatoms. The molecule has 0 saturated carbocycles. The molecule has 0 spiro atoms. The van der Waals surface area contributed by atoms with Crippen molar-refractivity contribution in [3.8, 4) is 0 Å². The Bertz CT molecular complexity index is 52.7. The number of hydrogen-bond acceptors (Lipinski definition) is 0. The second-order valence-electron chi connectivity index (χ2n) is 3.35. The number of rotatable bonds is 2. The first kappa shape index (κ1) is 8.19. The van der Waals surface area contributed by atoms with Crippen molar-refractivity contribution in [2.45, 2.75) is 34.1 Å². The van der Waals surface area contributed by atoms with Gasteiger partial charge in [0.2, 0.25) is 0 Å². The second kappa shape index (κ2) is 3.27. The van der Waals surface area contributed by atoms with E-state index in [1.165, 1.54) is 0 Å². The molecule has 0 aliphatic carbocycles. The van der Waals surface area contributed by atoms with Crippen LogP contribution in [0.3, 0.4) is 0 Å². The summed E-state index contributed by atoms with van der Waals surface area (Å²) in [5, 5.41) is 0. The lowest BCUT2D eigenvalue weighted by atomic mass is 8.91. The van der Waals surface area contributed by atoms with E-state index in [0.29, 0.717) is 0 Å². The predicted octanol–water partition coefficient (Wildman–Crippen LogP) is 1.78. The number of hydrogen-bond donors (Lipinski definition) is 0. The maximum Gasteiger partial charge on any atom is 0.0939 e.